The van der Waals surface area contributed by atoms with Crippen LogP contribution in [0.2, 0.25) is 0 Å². The molecule has 2 aromatic heterocycles. The first-order valence-corrected chi connectivity index (χ1v) is 14.4. The van der Waals surface area contributed by atoms with E-state index in [2.05, 4.69) is 32.2 Å². The maximum Gasteiger partial charge on any atom is 0.261 e. The highest BCUT2D eigenvalue weighted by Crippen LogP contribution is 2.48. The summed E-state index contributed by atoms with van der Waals surface area (Å²) in [5, 5.41) is 1.94. The van der Waals surface area contributed by atoms with E-state index in [-0.39, 0.29) is 4.90 Å². The molecule has 0 saturated carbocycles. The fraction of sp³-hybridized carbons (Fsp3) is 0.240. The van der Waals surface area contributed by atoms with Gasteiger partial charge in [0, 0.05) is 33.3 Å². The Morgan fingerprint density at radius 3 is 2.59 bits per heavy atom. The molecular formula is C25H24IN3O3S2. The largest absolute Gasteiger partial charge is 0.497 e. The smallest absolute Gasteiger partial charge is 0.261 e. The zero-order chi connectivity index (χ0) is 23.9. The van der Waals surface area contributed by atoms with Crippen LogP contribution in [-0.4, -0.2) is 33.6 Å². The summed E-state index contributed by atoms with van der Waals surface area (Å²) in [5.74, 6) is 0.755. The van der Waals surface area contributed by atoms with Crippen molar-refractivity contribution in [1.82, 2.24) is 4.98 Å². The van der Waals surface area contributed by atoms with Crippen molar-refractivity contribution < 1.29 is 13.2 Å². The Hall–Kier alpha value is -2.37. The third-order valence-electron chi connectivity index (χ3n) is 5.87. The van der Waals surface area contributed by atoms with E-state index in [1.54, 1.807) is 36.6 Å². The standard InChI is InChI=1S/C25H24IN3O3S2/c1-16-13-21(28-34(30,31)20-10-6-8-18(26)15-20)23-22(17-7-5-9-19(14-17)32-2)25(33-24(23)27-16)29-11-3-4-12-29/h5-10,13-15H,3-4,11-12H2,1-2H3,(H,27,28). The van der Waals surface area contributed by atoms with Gasteiger partial charge in [0.05, 0.1) is 17.7 Å². The number of methoxy groups -OCH3 is 1. The Labute approximate surface area is 217 Å². The Kier molecular flexibility index (Phi) is 6.43. The van der Waals surface area contributed by atoms with Crippen LogP contribution in [0.15, 0.2) is 59.5 Å². The quantitative estimate of drug-likeness (QED) is 0.262. The molecule has 0 bridgehead atoms. The summed E-state index contributed by atoms with van der Waals surface area (Å²) in [5.41, 5.74) is 3.28. The van der Waals surface area contributed by atoms with Crippen LogP contribution in [0, 0.1) is 10.5 Å². The van der Waals surface area contributed by atoms with Crippen LogP contribution < -0.4 is 14.4 Å². The fourth-order valence-electron chi connectivity index (χ4n) is 4.32. The van der Waals surface area contributed by atoms with Gasteiger partial charge in [-0.15, -0.1) is 0 Å². The molecule has 1 fully saturated rings. The SMILES string of the molecule is COc1cccc(-c2c(N3CCCC3)sc3nc(C)cc(NS(=O)(=O)c4cccc(I)c4)c23)c1. The zero-order valence-electron chi connectivity index (χ0n) is 18.8. The molecule has 0 unspecified atom stereocenters. The zero-order valence-corrected chi connectivity index (χ0v) is 22.6. The predicted molar refractivity (Wildman–Crippen MR) is 148 cm³/mol. The number of anilines is 2. The van der Waals surface area contributed by atoms with Crippen LogP contribution in [0.4, 0.5) is 10.7 Å². The van der Waals surface area contributed by atoms with E-state index >= 15 is 0 Å². The molecule has 176 valence electrons. The van der Waals surface area contributed by atoms with Crippen molar-refractivity contribution in [2.75, 3.05) is 29.8 Å². The van der Waals surface area contributed by atoms with E-state index in [9.17, 15) is 8.42 Å². The van der Waals surface area contributed by atoms with Gasteiger partial charge in [-0.25, -0.2) is 13.4 Å². The molecule has 6 nitrogen and oxygen atoms in total. The van der Waals surface area contributed by atoms with E-state index in [4.69, 9.17) is 9.72 Å². The number of aromatic nitrogens is 1. The van der Waals surface area contributed by atoms with Crippen molar-refractivity contribution in [3.05, 3.63) is 63.9 Å². The summed E-state index contributed by atoms with van der Waals surface area (Å²) in [7, 11) is -2.13. The maximum atomic E-state index is 13.4. The van der Waals surface area contributed by atoms with Crippen LogP contribution in [0.25, 0.3) is 21.3 Å². The fourth-order valence-corrected chi connectivity index (χ4v) is 7.50. The van der Waals surface area contributed by atoms with Gasteiger partial charge in [-0.3, -0.25) is 4.72 Å². The number of sulfonamides is 1. The number of aryl methyl sites for hydroxylation is 1. The van der Waals surface area contributed by atoms with Gasteiger partial charge in [-0.2, -0.15) is 0 Å². The van der Waals surface area contributed by atoms with Gasteiger partial charge in [-0.05, 0) is 84.3 Å². The summed E-state index contributed by atoms with van der Waals surface area (Å²) in [6.07, 6.45) is 2.29. The molecule has 2 aromatic carbocycles. The number of benzene rings is 2. The highest BCUT2D eigenvalue weighted by atomic mass is 127. The Bertz CT molecular complexity index is 1480. The third-order valence-corrected chi connectivity index (χ3v) is 9.05. The van der Waals surface area contributed by atoms with Crippen molar-refractivity contribution in [1.29, 1.82) is 0 Å². The van der Waals surface area contributed by atoms with Gasteiger partial charge in [0.25, 0.3) is 10.0 Å². The molecule has 0 radical (unpaired) electrons. The number of hydrogen-bond donors (Lipinski definition) is 1. The number of rotatable bonds is 6. The minimum absolute atomic E-state index is 0.236. The topological polar surface area (TPSA) is 71.5 Å². The first-order valence-electron chi connectivity index (χ1n) is 11.0. The van der Waals surface area contributed by atoms with E-state index in [1.165, 1.54) is 0 Å². The summed E-state index contributed by atoms with van der Waals surface area (Å²) < 4.78 is 35.9. The number of nitrogens with zero attached hydrogens (tertiary/aromatic N) is 2. The Balaban J connectivity index is 1.74. The lowest BCUT2D eigenvalue weighted by molar-refractivity contribution is 0.415. The summed E-state index contributed by atoms with van der Waals surface area (Å²) in [6.45, 7) is 3.85. The highest BCUT2D eigenvalue weighted by molar-refractivity contribution is 14.1. The first-order chi connectivity index (χ1) is 16.4. The van der Waals surface area contributed by atoms with Crippen LogP contribution in [0.3, 0.4) is 0 Å². The summed E-state index contributed by atoms with van der Waals surface area (Å²) in [4.78, 5) is 8.24. The number of thiophene rings is 1. The average molecular weight is 606 g/mol. The highest BCUT2D eigenvalue weighted by Gasteiger charge is 2.26. The van der Waals surface area contributed by atoms with Crippen molar-refractivity contribution in [3.8, 4) is 16.9 Å². The van der Waals surface area contributed by atoms with E-state index in [0.29, 0.717) is 5.69 Å². The monoisotopic (exact) mass is 605 g/mol. The molecule has 0 aliphatic carbocycles. The lowest BCUT2D eigenvalue weighted by Crippen LogP contribution is -2.17. The minimum Gasteiger partial charge on any atom is -0.497 e. The predicted octanol–water partition coefficient (Wildman–Crippen LogP) is 6.29. The van der Waals surface area contributed by atoms with Crippen LogP contribution in [0.5, 0.6) is 5.75 Å². The molecule has 1 aliphatic heterocycles. The number of fused-ring (bicyclic) bond motifs is 1. The Morgan fingerprint density at radius 2 is 1.85 bits per heavy atom. The number of nitrogens with one attached hydrogen (secondary N) is 1. The van der Waals surface area contributed by atoms with E-state index in [0.717, 1.165) is 67.3 Å². The van der Waals surface area contributed by atoms with Crippen LogP contribution in [-0.2, 0) is 10.0 Å². The third kappa shape index (κ3) is 4.48. The number of pyridine rings is 1. The normalized spacial score (nSPS) is 14.0. The van der Waals surface area contributed by atoms with Crippen LogP contribution in [0.1, 0.15) is 18.5 Å². The number of hydrogen-bond acceptors (Lipinski definition) is 6. The summed E-state index contributed by atoms with van der Waals surface area (Å²) in [6, 6.07) is 16.6. The van der Waals surface area contributed by atoms with Gasteiger partial charge >= 0.3 is 0 Å². The maximum absolute atomic E-state index is 13.4. The van der Waals surface area contributed by atoms with E-state index < -0.39 is 10.0 Å². The second-order valence-electron chi connectivity index (χ2n) is 8.26. The van der Waals surface area contributed by atoms with Gasteiger partial charge in [0.15, 0.2) is 0 Å². The summed E-state index contributed by atoms with van der Waals surface area (Å²) >= 11 is 3.74. The molecule has 34 heavy (non-hydrogen) atoms. The molecule has 0 amide bonds. The van der Waals surface area contributed by atoms with Crippen LogP contribution >= 0.6 is 33.9 Å². The van der Waals surface area contributed by atoms with Crippen molar-refractivity contribution in [3.63, 3.8) is 0 Å². The average Bonchev–Trinajstić information content (AvgIpc) is 3.47. The molecule has 5 rings (SSSR count). The van der Waals surface area contributed by atoms with Crippen molar-refractivity contribution in [2.45, 2.75) is 24.7 Å². The molecule has 1 aliphatic rings. The molecule has 9 heteroatoms. The van der Waals surface area contributed by atoms with Gasteiger partial charge in [0.1, 0.15) is 15.6 Å². The molecular weight excluding hydrogens is 581 g/mol. The molecule has 0 atom stereocenters. The van der Waals surface area contributed by atoms with Gasteiger partial charge < -0.3 is 9.64 Å². The molecule has 1 N–H and O–H groups in total. The molecule has 1 saturated heterocycles. The lowest BCUT2D eigenvalue weighted by Gasteiger charge is -2.18. The second kappa shape index (κ2) is 9.35. The first kappa shape index (κ1) is 23.4. The van der Waals surface area contributed by atoms with Gasteiger partial charge in [-0.1, -0.05) is 29.5 Å². The Morgan fingerprint density at radius 1 is 1.09 bits per heavy atom. The lowest BCUT2D eigenvalue weighted by atomic mass is 10.0. The minimum atomic E-state index is -3.78. The molecule has 3 heterocycles. The number of halogens is 1. The molecule has 0 spiro atoms. The van der Waals surface area contributed by atoms with E-state index in [1.807, 2.05) is 43.3 Å². The number of ether oxygens (including phenoxy) is 1. The van der Waals surface area contributed by atoms with Crippen molar-refractivity contribution in [2.24, 2.45) is 0 Å². The van der Waals surface area contributed by atoms with Gasteiger partial charge in [0.2, 0.25) is 0 Å². The van der Waals surface area contributed by atoms with Crippen molar-refractivity contribution >= 4 is 64.9 Å². The second-order valence-corrected chi connectivity index (χ2v) is 12.2. The molecule has 4 aromatic rings.